The molecule has 2 heterocycles. The number of morpholine rings is 1. The normalized spacial score (nSPS) is 18.7. The van der Waals surface area contributed by atoms with Crippen LogP contribution in [-0.4, -0.2) is 37.8 Å². The Hall–Kier alpha value is -3.53. The van der Waals surface area contributed by atoms with Gasteiger partial charge in [-0.1, -0.05) is 18.1 Å². The number of fused-ring (bicyclic) bond motifs is 2. The molecule has 6 rings (SSSR count). The van der Waals surface area contributed by atoms with E-state index in [4.69, 9.17) is 25.4 Å². The molecule has 1 unspecified atom stereocenters. The van der Waals surface area contributed by atoms with Gasteiger partial charge >= 0.3 is 0 Å². The molecule has 3 aliphatic rings. The standard InChI is InChI=1S/C30H28FNO4/c1-2-21-17-20(19-32-12-15-33-16-13-32)3-8-26(21)36-27-10-7-25(31)30-24(27)6-9-28(30)35-23-5-4-22-11-14-34-29(22)18-23/h1,3-5,7-8,10,17-18,28H,6,9,11-16,19H2. The third kappa shape index (κ3) is 4.53. The smallest absolute Gasteiger partial charge is 0.143 e. The Labute approximate surface area is 210 Å². The lowest BCUT2D eigenvalue weighted by molar-refractivity contribution is 0.0342. The minimum Gasteiger partial charge on any atom is -0.493 e. The molecule has 184 valence electrons. The monoisotopic (exact) mass is 485 g/mol. The van der Waals surface area contributed by atoms with Gasteiger partial charge in [0.25, 0.3) is 0 Å². The zero-order valence-corrected chi connectivity index (χ0v) is 20.1. The van der Waals surface area contributed by atoms with Crippen molar-refractivity contribution in [3.63, 3.8) is 0 Å². The van der Waals surface area contributed by atoms with Crippen LogP contribution in [0.1, 0.15) is 40.3 Å². The Bertz CT molecular complexity index is 1330. The van der Waals surface area contributed by atoms with Crippen molar-refractivity contribution in [3.8, 4) is 35.3 Å². The van der Waals surface area contributed by atoms with E-state index in [1.807, 2.05) is 36.4 Å². The fraction of sp³-hybridized carbons (Fsp3) is 0.333. The molecule has 3 aromatic rings. The highest BCUT2D eigenvalue weighted by Crippen LogP contribution is 2.43. The van der Waals surface area contributed by atoms with Gasteiger partial charge < -0.3 is 18.9 Å². The Balaban J connectivity index is 1.22. The minimum absolute atomic E-state index is 0.282. The average molecular weight is 486 g/mol. The van der Waals surface area contributed by atoms with Crippen molar-refractivity contribution in [3.05, 3.63) is 82.2 Å². The Kier molecular flexibility index (Phi) is 6.27. The largest absolute Gasteiger partial charge is 0.493 e. The van der Waals surface area contributed by atoms with Crippen molar-refractivity contribution in [1.82, 2.24) is 4.90 Å². The topological polar surface area (TPSA) is 40.2 Å². The van der Waals surface area contributed by atoms with Crippen LogP contribution >= 0.6 is 0 Å². The Morgan fingerprint density at radius 1 is 1.00 bits per heavy atom. The Morgan fingerprint density at radius 3 is 2.72 bits per heavy atom. The molecule has 1 atom stereocenters. The number of rotatable bonds is 6. The van der Waals surface area contributed by atoms with Gasteiger partial charge in [0.15, 0.2) is 0 Å². The Morgan fingerprint density at radius 2 is 1.86 bits per heavy atom. The van der Waals surface area contributed by atoms with Crippen molar-refractivity contribution < 1.29 is 23.3 Å². The van der Waals surface area contributed by atoms with Crippen LogP contribution in [0.15, 0.2) is 48.5 Å². The molecule has 0 saturated carbocycles. The second kappa shape index (κ2) is 9.85. The SMILES string of the molecule is C#Cc1cc(CN2CCOCC2)ccc1Oc1ccc(F)c2c1CCC2Oc1ccc2c(c1)OCC2. The molecule has 2 aliphatic heterocycles. The van der Waals surface area contributed by atoms with Gasteiger partial charge in [0.1, 0.15) is 34.9 Å². The number of hydrogen-bond acceptors (Lipinski definition) is 5. The number of nitrogens with zero attached hydrogens (tertiary/aromatic N) is 1. The first-order chi connectivity index (χ1) is 17.7. The van der Waals surface area contributed by atoms with Gasteiger partial charge in [-0.05, 0) is 54.3 Å². The maximum atomic E-state index is 15.0. The van der Waals surface area contributed by atoms with Crippen LogP contribution in [0, 0.1) is 18.2 Å². The summed E-state index contributed by atoms with van der Waals surface area (Å²) in [7, 11) is 0. The molecular formula is C30H28FNO4. The quantitative estimate of drug-likeness (QED) is 0.436. The molecule has 1 fully saturated rings. The molecule has 0 bridgehead atoms. The summed E-state index contributed by atoms with van der Waals surface area (Å²) in [5, 5.41) is 0. The molecule has 3 aromatic carbocycles. The zero-order chi connectivity index (χ0) is 24.5. The first-order valence-corrected chi connectivity index (χ1v) is 12.5. The second-order valence-electron chi connectivity index (χ2n) is 9.42. The average Bonchev–Trinajstić information content (AvgIpc) is 3.55. The summed E-state index contributed by atoms with van der Waals surface area (Å²) < 4.78 is 38.6. The van der Waals surface area contributed by atoms with Gasteiger partial charge in [-0.15, -0.1) is 6.42 Å². The van der Waals surface area contributed by atoms with Crippen molar-refractivity contribution in [2.24, 2.45) is 0 Å². The van der Waals surface area contributed by atoms with E-state index in [9.17, 15) is 4.39 Å². The lowest BCUT2D eigenvalue weighted by Gasteiger charge is -2.26. The lowest BCUT2D eigenvalue weighted by Crippen LogP contribution is -2.35. The van der Waals surface area contributed by atoms with Gasteiger partial charge in [-0.3, -0.25) is 4.90 Å². The number of benzene rings is 3. The highest BCUT2D eigenvalue weighted by atomic mass is 19.1. The van der Waals surface area contributed by atoms with Crippen molar-refractivity contribution >= 4 is 0 Å². The van der Waals surface area contributed by atoms with E-state index in [1.165, 1.54) is 11.6 Å². The van der Waals surface area contributed by atoms with Crippen molar-refractivity contribution in [2.75, 3.05) is 32.9 Å². The summed E-state index contributed by atoms with van der Waals surface area (Å²) in [5.41, 5.74) is 4.38. The van der Waals surface area contributed by atoms with E-state index in [-0.39, 0.29) is 11.9 Å². The third-order valence-electron chi connectivity index (χ3n) is 7.11. The molecule has 5 nitrogen and oxygen atoms in total. The van der Waals surface area contributed by atoms with Gasteiger partial charge in [-0.25, -0.2) is 4.39 Å². The molecule has 0 radical (unpaired) electrons. The molecule has 0 amide bonds. The lowest BCUT2D eigenvalue weighted by atomic mass is 10.1. The molecule has 1 saturated heterocycles. The highest BCUT2D eigenvalue weighted by Gasteiger charge is 2.31. The first kappa shape index (κ1) is 22.9. The van der Waals surface area contributed by atoms with E-state index >= 15 is 0 Å². The first-order valence-electron chi connectivity index (χ1n) is 12.5. The summed E-state index contributed by atoms with van der Waals surface area (Å²) in [4.78, 5) is 2.35. The van der Waals surface area contributed by atoms with Gasteiger partial charge in [0.2, 0.25) is 0 Å². The predicted octanol–water partition coefficient (Wildman–Crippen LogP) is 5.43. The van der Waals surface area contributed by atoms with Crippen LogP contribution in [0.3, 0.4) is 0 Å². The molecule has 36 heavy (non-hydrogen) atoms. The molecular weight excluding hydrogens is 457 g/mol. The highest BCUT2D eigenvalue weighted by molar-refractivity contribution is 5.53. The van der Waals surface area contributed by atoms with Gasteiger partial charge in [-0.2, -0.15) is 0 Å². The van der Waals surface area contributed by atoms with Gasteiger partial charge in [0.05, 0.1) is 25.4 Å². The maximum absolute atomic E-state index is 15.0. The fourth-order valence-corrected chi connectivity index (χ4v) is 5.25. The van der Waals surface area contributed by atoms with Crippen LogP contribution in [0.25, 0.3) is 0 Å². The molecule has 6 heteroatoms. The molecule has 0 N–H and O–H groups in total. The summed E-state index contributed by atoms with van der Waals surface area (Å²) in [6, 6.07) is 14.9. The summed E-state index contributed by atoms with van der Waals surface area (Å²) in [5.74, 6) is 5.22. The van der Waals surface area contributed by atoms with Crippen LogP contribution < -0.4 is 14.2 Å². The predicted molar refractivity (Wildman–Crippen MR) is 134 cm³/mol. The summed E-state index contributed by atoms with van der Waals surface area (Å²) in [6.07, 6.45) is 7.69. The van der Waals surface area contributed by atoms with E-state index in [0.717, 1.165) is 56.1 Å². The maximum Gasteiger partial charge on any atom is 0.143 e. The third-order valence-corrected chi connectivity index (χ3v) is 7.11. The van der Waals surface area contributed by atoms with Crippen molar-refractivity contribution in [1.29, 1.82) is 0 Å². The van der Waals surface area contributed by atoms with Crippen molar-refractivity contribution in [2.45, 2.75) is 31.9 Å². The molecule has 0 aromatic heterocycles. The number of terminal acetylenes is 1. The van der Waals surface area contributed by atoms with Crippen LogP contribution in [0.4, 0.5) is 4.39 Å². The van der Waals surface area contributed by atoms with Gasteiger partial charge in [0, 0.05) is 43.2 Å². The summed E-state index contributed by atoms with van der Waals surface area (Å²) in [6.45, 7) is 4.83. The minimum atomic E-state index is -0.383. The fourth-order valence-electron chi connectivity index (χ4n) is 5.25. The van der Waals surface area contributed by atoms with E-state index < -0.39 is 0 Å². The van der Waals surface area contributed by atoms with Crippen LogP contribution in [-0.2, 0) is 24.1 Å². The molecule has 1 aliphatic carbocycles. The van der Waals surface area contributed by atoms with E-state index in [0.29, 0.717) is 47.8 Å². The van der Waals surface area contributed by atoms with Crippen LogP contribution in [0.2, 0.25) is 0 Å². The number of hydrogen-bond donors (Lipinski definition) is 0. The van der Waals surface area contributed by atoms with Crippen LogP contribution in [0.5, 0.6) is 23.0 Å². The number of halogens is 1. The number of ether oxygens (including phenoxy) is 4. The molecule has 0 spiro atoms. The van der Waals surface area contributed by atoms with E-state index in [2.05, 4.69) is 10.8 Å². The summed E-state index contributed by atoms with van der Waals surface area (Å²) >= 11 is 0. The van der Waals surface area contributed by atoms with E-state index in [1.54, 1.807) is 6.07 Å². The second-order valence-corrected chi connectivity index (χ2v) is 9.42. The zero-order valence-electron chi connectivity index (χ0n) is 20.1.